The van der Waals surface area contributed by atoms with Crippen LogP contribution in [0.2, 0.25) is 0 Å². The summed E-state index contributed by atoms with van der Waals surface area (Å²) < 4.78 is 26.7. The van der Waals surface area contributed by atoms with Crippen molar-refractivity contribution >= 4 is 10.0 Å². The van der Waals surface area contributed by atoms with E-state index in [9.17, 15) is 8.42 Å². The second kappa shape index (κ2) is 5.58. The average molecular weight is 288 g/mol. The summed E-state index contributed by atoms with van der Waals surface area (Å²) in [6, 6.07) is 0.711. The molecule has 0 radical (unpaired) electrons. The zero-order chi connectivity index (χ0) is 14.0. The van der Waals surface area contributed by atoms with Crippen LogP contribution in [0, 0.1) is 0 Å². The second-order valence-corrected chi connectivity index (χ2v) is 6.68. The van der Waals surface area contributed by atoms with Crippen LogP contribution >= 0.6 is 0 Å². The first-order chi connectivity index (χ1) is 8.95. The summed E-state index contributed by atoms with van der Waals surface area (Å²) in [5.41, 5.74) is 0.274. The largest absolute Gasteiger partial charge is 0.392 e. The van der Waals surface area contributed by atoms with Gasteiger partial charge >= 0.3 is 0 Å². The van der Waals surface area contributed by atoms with Crippen LogP contribution in [-0.4, -0.2) is 54.3 Å². The lowest BCUT2D eigenvalue weighted by molar-refractivity contribution is 0.248. The van der Waals surface area contributed by atoms with Crippen LogP contribution in [0.15, 0.2) is 11.2 Å². The molecular formula is C11H20N4O3S. The van der Waals surface area contributed by atoms with E-state index in [4.69, 9.17) is 5.11 Å². The van der Waals surface area contributed by atoms with Gasteiger partial charge in [-0.05, 0) is 26.8 Å². The van der Waals surface area contributed by atoms with Gasteiger partial charge in [0, 0.05) is 24.2 Å². The molecular weight excluding hydrogens is 268 g/mol. The van der Waals surface area contributed by atoms with Crippen LogP contribution in [0.3, 0.4) is 0 Å². The van der Waals surface area contributed by atoms with Crippen LogP contribution in [0.25, 0.3) is 0 Å². The number of hydrogen-bond donors (Lipinski definition) is 3. The Labute approximate surface area is 113 Å². The zero-order valence-electron chi connectivity index (χ0n) is 11.1. The van der Waals surface area contributed by atoms with Gasteiger partial charge in [-0.3, -0.25) is 10.00 Å². The second-order valence-electron chi connectivity index (χ2n) is 4.98. The van der Waals surface area contributed by atoms with Gasteiger partial charge in [-0.2, -0.15) is 5.10 Å². The zero-order valence-corrected chi connectivity index (χ0v) is 11.9. The van der Waals surface area contributed by atoms with Crippen molar-refractivity contribution in [2.24, 2.45) is 0 Å². The maximum Gasteiger partial charge on any atom is 0.257 e. The molecule has 1 aliphatic carbocycles. The Morgan fingerprint density at radius 2 is 2.32 bits per heavy atom. The van der Waals surface area contributed by atoms with Crippen molar-refractivity contribution in [1.82, 2.24) is 19.8 Å². The number of rotatable bonds is 7. The highest BCUT2D eigenvalue weighted by Crippen LogP contribution is 2.26. The maximum atomic E-state index is 12.1. The van der Waals surface area contributed by atoms with Gasteiger partial charge in [0.25, 0.3) is 10.0 Å². The molecule has 0 saturated heterocycles. The summed E-state index contributed by atoms with van der Waals surface area (Å²) in [6.45, 7) is 1.96. The summed E-state index contributed by atoms with van der Waals surface area (Å²) in [5, 5.41) is 15.1. The van der Waals surface area contributed by atoms with Gasteiger partial charge < -0.3 is 5.11 Å². The normalized spacial score (nSPS) is 17.9. The number of nitrogens with one attached hydrogen (secondary N) is 2. The molecule has 1 fully saturated rings. The van der Waals surface area contributed by atoms with E-state index < -0.39 is 10.0 Å². The fourth-order valence-electron chi connectivity index (χ4n) is 1.93. The Hall–Kier alpha value is -0.960. The molecule has 2 rings (SSSR count). The van der Waals surface area contributed by atoms with Gasteiger partial charge in [0.05, 0.1) is 12.8 Å². The van der Waals surface area contributed by atoms with E-state index in [1.807, 2.05) is 14.0 Å². The molecule has 3 N–H and O–H groups in total. The van der Waals surface area contributed by atoms with Crippen molar-refractivity contribution in [2.45, 2.75) is 43.5 Å². The fraction of sp³-hybridized carbons (Fsp3) is 0.727. The molecule has 0 aliphatic heterocycles. The van der Waals surface area contributed by atoms with Crippen molar-refractivity contribution < 1.29 is 13.5 Å². The first-order valence-corrected chi connectivity index (χ1v) is 7.78. The molecule has 0 spiro atoms. The smallest absolute Gasteiger partial charge is 0.257 e. The van der Waals surface area contributed by atoms with Crippen molar-refractivity contribution in [3.63, 3.8) is 0 Å². The molecule has 1 unspecified atom stereocenters. The molecule has 108 valence electrons. The molecule has 1 heterocycles. The number of likely N-dealkylation sites (N-methyl/N-ethyl adjacent to an activating group) is 1. The summed E-state index contributed by atoms with van der Waals surface area (Å²) in [4.78, 5) is 2.18. The van der Waals surface area contributed by atoms with Crippen LogP contribution in [-0.2, 0) is 16.6 Å². The first kappa shape index (κ1) is 14.4. The monoisotopic (exact) mass is 288 g/mol. The third-order valence-electron chi connectivity index (χ3n) is 3.50. The van der Waals surface area contributed by atoms with E-state index in [1.165, 1.54) is 19.0 Å². The molecule has 1 aromatic rings. The number of aliphatic hydroxyl groups excluding tert-OH is 1. The Morgan fingerprint density at radius 3 is 2.89 bits per heavy atom. The average Bonchev–Trinajstić information content (AvgIpc) is 3.11. The number of sulfonamides is 1. The third kappa shape index (κ3) is 3.33. The Kier molecular flexibility index (Phi) is 4.24. The minimum atomic E-state index is -3.65. The van der Waals surface area contributed by atoms with Crippen molar-refractivity contribution in [2.75, 3.05) is 13.6 Å². The van der Waals surface area contributed by atoms with Crippen LogP contribution in [0.5, 0.6) is 0 Å². The molecule has 0 aromatic carbocycles. The Balaban J connectivity index is 1.97. The Bertz CT molecular complexity index is 524. The Morgan fingerprint density at radius 1 is 1.63 bits per heavy atom. The van der Waals surface area contributed by atoms with E-state index in [0.717, 1.165) is 0 Å². The quantitative estimate of drug-likeness (QED) is 0.638. The number of aromatic amines is 1. The molecule has 19 heavy (non-hydrogen) atoms. The molecule has 7 nitrogen and oxygen atoms in total. The lowest BCUT2D eigenvalue weighted by Crippen LogP contribution is -2.41. The van der Waals surface area contributed by atoms with E-state index in [1.54, 1.807) is 0 Å². The standard InChI is InChI=1S/C11H20N4O3S/c1-8(15(2)10-3-4-10)5-13-19(17,18)11-9(7-16)6-12-14-11/h6,8,10,13,16H,3-5,7H2,1-2H3,(H,12,14). The van der Waals surface area contributed by atoms with Gasteiger partial charge in [0.2, 0.25) is 0 Å². The molecule has 1 aromatic heterocycles. The van der Waals surface area contributed by atoms with E-state index >= 15 is 0 Å². The fourth-order valence-corrected chi connectivity index (χ4v) is 3.17. The van der Waals surface area contributed by atoms with Gasteiger partial charge in [-0.25, -0.2) is 13.1 Å². The molecule has 1 atom stereocenters. The van der Waals surface area contributed by atoms with Crippen LogP contribution in [0.1, 0.15) is 25.3 Å². The molecule has 8 heteroatoms. The number of nitrogens with zero attached hydrogens (tertiary/aromatic N) is 2. The van der Waals surface area contributed by atoms with Gasteiger partial charge in [-0.15, -0.1) is 0 Å². The lowest BCUT2D eigenvalue weighted by atomic mass is 10.3. The summed E-state index contributed by atoms with van der Waals surface area (Å²) in [5.74, 6) is 0. The number of hydrogen-bond acceptors (Lipinski definition) is 5. The SMILES string of the molecule is CC(CNS(=O)(=O)c1[nH]ncc1CO)N(C)C1CC1. The lowest BCUT2D eigenvalue weighted by Gasteiger charge is -2.24. The van der Waals surface area contributed by atoms with Crippen molar-refractivity contribution in [1.29, 1.82) is 0 Å². The number of aromatic nitrogens is 2. The van der Waals surface area contributed by atoms with Crippen LogP contribution in [0.4, 0.5) is 0 Å². The van der Waals surface area contributed by atoms with Gasteiger partial charge in [0.1, 0.15) is 0 Å². The number of H-pyrrole nitrogens is 1. The molecule has 1 saturated carbocycles. The third-order valence-corrected chi connectivity index (χ3v) is 4.94. The molecule has 1 aliphatic rings. The topological polar surface area (TPSA) is 98.3 Å². The summed E-state index contributed by atoms with van der Waals surface area (Å²) >= 11 is 0. The minimum absolute atomic E-state index is 0.0590. The summed E-state index contributed by atoms with van der Waals surface area (Å²) in [7, 11) is -1.64. The molecule has 0 amide bonds. The van der Waals surface area contributed by atoms with Gasteiger partial charge in [0.15, 0.2) is 5.03 Å². The predicted molar refractivity (Wildman–Crippen MR) is 69.9 cm³/mol. The highest BCUT2D eigenvalue weighted by atomic mass is 32.2. The summed E-state index contributed by atoms with van der Waals surface area (Å²) in [6.07, 6.45) is 3.68. The first-order valence-electron chi connectivity index (χ1n) is 6.30. The molecule has 0 bridgehead atoms. The van der Waals surface area contributed by atoms with Gasteiger partial charge in [-0.1, -0.05) is 0 Å². The minimum Gasteiger partial charge on any atom is -0.392 e. The number of aliphatic hydroxyl groups is 1. The predicted octanol–water partition coefficient (Wildman–Crippen LogP) is -0.337. The van der Waals surface area contributed by atoms with Crippen molar-refractivity contribution in [3.8, 4) is 0 Å². The maximum absolute atomic E-state index is 12.1. The highest BCUT2D eigenvalue weighted by Gasteiger charge is 2.30. The van der Waals surface area contributed by atoms with Crippen LogP contribution < -0.4 is 4.72 Å². The van der Waals surface area contributed by atoms with E-state index in [2.05, 4.69) is 19.8 Å². The van der Waals surface area contributed by atoms with E-state index in [0.29, 0.717) is 12.6 Å². The van der Waals surface area contributed by atoms with Crippen molar-refractivity contribution in [3.05, 3.63) is 11.8 Å². The highest BCUT2D eigenvalue weighted by molar-refractivity contribution is 7.89. The van der Waals surface area contributed by atoms with E-state index in [-0.39, 0.29) is 23.2 Å².